The van der Waals surface area contributed by atoms with E-state index in [1.165, 1.54) is 4.90 Å². The number of carbonyl (C=O) groups is 1. The number of carboxylic acid groups (broad SMARTS) is 1. The standard InChI is InChI=1S/C13H12BrN3O2/c1-17(8-12(18)19)13-15-7-6-11(16-13)9-4-2-3-5-10(9)14/h2-7H,8H2,1H3,(H,18,19). The lowest BCUT2D eigenvalue weighted by Gasteiger charge is -2.15. The summed E-state index contributed by atoms with van der Waals surface area (Å²) in [7, 11) is 1.65. The van der Waals surface area contributed by atoms with Gasteiger partial charge in [0.2, 0.25) is 5.95 Å². The number of hydrogen-bond acceptors (Lipinski definition) is 4. The van der Waals surface area contributed by atoms with Crippen molar-refractivity contribution in [2.24, 2.45) is 0 Å². The summed E-state index contributed by atoms with van der Waals surface area (Å²) in [6.07, 6.45) is 1.62. The molecule has 0 saturated carbocycles. The normalized spacial score (nSPS) is 10.2. The number of halogens is 1. The van der Waals surface area contributed by atoms with Gasteiger partial charge in [0.15, 0.2) is 0 Å². The molecule has 0 aliphatic carbocycles. The maximum Gasteiger partial charge on any atom is 0.323 e. The van der Waals surface area contributed by atoms with Gasteiger partial charge in [-0.25, -0.2) is 9.97 Å². The van der Waals surface area contributed by atoms with Crippen molar-refractivity contribution in [1.29, 1.82) is 0 Å². The molecule has 0 aliphatic rings. The van der Waals surface area contributed by atoms with Crippen LogP contribution in [0.3, 0.4) is 0 Å². The smallest absolute Gasteiger partial charge is 0.323 e. The summed E-state index contributed by atoms with van der Waals surface area (Å²) in [4.78, 5) is 20.6. The van der Waals surface area contributed by atoms with E-state index in [-0.39, 0.29) is 6.54 Å². The van der Waals surface area contributed by atoms with Gasteiger partial charge in [0.25, 0.3) is 0 Å². The monoisotopic (exact) mass is 321 g/mol. The van der Waals surface area contributed by atoms with Crippen molar-refractivity contribution in [2.75, 3.05) is 18.5 Å². The van der Waals surface area contributed by atoms with Crippen LogP contribution in [0.2, 0.25) is 0 Å². The lowest BCUT2D eigenvalue weighted by Crippen LogP contribution is -2.26. The number of hydrogen-bond donors (Lipinski definition) is 1. The third-order valence-corrected chi connectivity index (χ3v) is 3.20. The lowest BCUT2D eigenvalue weighted by atomic mass is 10.1. The van der Waals surface area contributed by atoms with Crippen LogP contribution in [0.25, 0.3) is 11.3 Å². The Morgan fingerprint density at radius 2 is 2.11 bits per heavy atom. The van der Waals surface area contributed by atoms with E-state index >= 15 is 0 Å². The number of anilines is 1. The summed E-state index contributed by atoms with van der Waals surface area (Å²) in [5.74, 6) is -0.534. The van der Waals surface area contributed by atoms with Crippen molar-refractivity contribution in [3.8, 4) is 11.3 Å². The average molecular weight is 322 g/mol. The van der Waals surface area contributed by atoms with Crippen LogP contribution >= 0.6 is 15.9 Å². The zero-order valence-electron chi connectivity index (χ0n) is 10.2. The minimum absolute atomic E-state index is 0.139. The zero-order valence-corrected chi connectivity index (χ0v) is 11.8. The Bertz CT molecular complexity index is 604. The molecule has 0 spiro atoms. The molecule has 0 atom stereocenters. The summed E-state index contributed by atoms with van der Waals surface area (Å²) in [6, 6.07) is 9.50. The minimum atomic E-state index is -0.919. The van der Waals surface area contributed by atoms with Crippen LogP contribution in [0.15, 0.2) is 41.0 Å². The Labute approximate surface area is 119 Å². The second-order valence-corrected chi connectivity index (χ2v) is 4.83. The molecule has 0 unspecified atom stereocenters. The van der Waals surface area contributed by atoms with Crippen molar-refractivity contribution < 1.29 is 9.90 Å². The number of aromatic nitrogens is 2. The van der Waals surface area contributed by atoms with E-state index in [9.17, 15) is 4.79 Å². The fourth-order valence-electron chi connectivity index (χ4n) is 1.62. The number of likely N-dealkylation sites (N-methyl/N-ethyl adjacent to an activating group) is 1. The highest BCUT2D eigenvalue weighted by atomic mass is 79.9. The summed E-state index contributed by atoms with van der Waals surface area (Å²) in [5, 5.41) is 8.77. The van der Waals surface area contributed by atoms with E-state index in [0.717, 1.165) is 15.7 Å². The van der Waals surface area contributed by atoms with Crippen molar-refractivity contribution >= 4 is 27.8 Å². The number of benzene rings is 1. The van der Waals surface area contributed by atoms with Gasteiger partial charge in [-0.1, -0.05) is 34.1 Å². The summed E-state index contributed by atoms with van der Waals surface area (Å²) in [5.41, 5.74) is 1.68. The van der Waals surface area contributed by atoms with Crippen molar-refractivity contribution in [3.05, 3.63) is 41.0 Å². The first-order valence-corrected chi connectivity index (χ1v) is 6.38. The first kappa shape index (κ1) is 13.5. The van der Waals surface area contributed by atoms with Gasteiger partial charge in [-0.05, 0) is 12.1 Å². The highest BCUT2D eigenvalue weighted by molar-refractivity contribution is 9.10. The van der Waals surface area contributed by atoms with Crippen LogP contribution in [0.4, 0.5) is 5.95 Å². The minimum Gasteiger partial charge on any atom is -0.480 e. The molecule has 5 nitrogen and oxygen atoms in total. The predicted molar refractivity (Wildman–Crippen MR) is 76.1 cm³/mol. The molecule has 2 rings (SSSR count). The molecule has 0 aliphatic heterocycles. The molecular formula is C13H12BrN3O2. The number of rotatable bonds is 4. The molecule has 98 valence electrons. The van der Waals surface area contributed by atoms with Gasteiger partial charge in [-0.2, -0.15) is 0 Å². The van der Waals surface area contributed by atoms with Gasteiger partial charge in [-0.3, -0.25) is 4.79 Å². The molecule has 0 fully saturated rings. The quantitative estimate of drug-likeness (QED) is 0.936. The van der Waals surface area contributed by atoms with Gasteiger partial charge in [0.05, 0.1) is 5.69 Å². The number of carboxylic acids is 1. The third kappa shape index (κ3) is 3.29. The Balaban J connectivity index is 2.34. The first-order chi connectivity index (χ1) is 9.08. The molecule has 1 heterocycles. The molecule has 0 amide bonds. The van der Waals surface area contributed by atoms with Crippen LogP contribution < -0.4 is 4.90 Å². The topological polar surface area (TPSA) is 66.3 Å². The molecule has 1 aromatic carbocycles. The fraction of sp³-hybridized carbons (Fsp3) is 0.154. The van der Waals surface area contributed by atoms with Gasteiger partial charge in [0, 0.05) is 23.3 Å². The number of nitrogens with zero attached hydrogens (tertiary/aromatic N) is 3. The van der Waals surface area contributed by atoms with E-state index in [0.29, 0.717) is 5.95 Å². The predicted octanol–water partition coefficient (Wildman–Crippen LogP) is 2.43. The average Bonchev–Trinajstić information content (AvgIpc) is 2.38. The molecule has 1 aromatic heterocycles. The van der Waals surface area contributed by atoms with E-state index in [1.807, 2.05) is 24.3 Å². The van der Waals surface area contributed by atoms with Crippen LogP contribution in [-0.4, -0.2) is 34.6 Å². The van der Waals surface area contributed by atoms with E-state index in [1.54, 1.807) is 19.3 Å². The van der Waals surface area contributed by atoms with Gasteiger partial charge >= 0.3 is 5.97 Å². The van der Waals surface area contributed by atoms with Gasteiger partial charge < -0.3 is 10.0 Å². The number of aliphatic carboxylic acids is 1. The molecule has 2 aromatic rings. The molecule has 0 bridgehead atoms. The first-order valence-electron chi connectivity index (χ1n) is 5.59. The van der Waals surface area contributed by atoms with Gasteiger partial charge in [0.1, 0.15) is 6.54 Å². The van der Waals surface area contributed by atoms with Crippen LogP contribution in [0.5, 0.6) is 0 Å². The molecule has 0 radical (unpaired) electrons. The summed E-state index contributed by atoms with van der Waals surface area (Å²) >= 11 is 3.47. The third-order valence-electron chi connectivity index (χ3n) is 2.51. The molecule has 6 heteroatoms. The Morgan fingerprint density at radius 1 is 1.37 bits per heavy atom. The largest absolute Gasteiger partial charge is 0.480 e. The second kappa shape index (κ2) is 5.79. The van der Waals surface area contributed by atoms with Crippen LogP contribution in [0.1, 0.15) is 0 Å². The highest BCUT2D eigenvalue weighted by Crippen LogP contribution is 2.26. The molecule has 1 N–H and O–H groups in total. The zero-order chi connectivity index (χ0) is 13.8. The lowest BCUT2D eigenvalue weighted by molar-refractivity contribution is -0.135. The van der Waals surface area contributed by atoms with Crippen molar-refractivity contribution in [1.82, 2.24) is 9.97 Å². The van der Waals surface area contributed by atoms with E-state index in [2.05, 4.69) is 25.9 Å². The summed E-state index contributed by atoms with van der Waals surface area (Å²) < 4.78 is 0.931. The second-order valence-electron chi connectivity index (χ2n) is 3.97. The van der Waals surface area contributed by atoms with Crippen molar-refractivity contribution in [2.45, 2.75) is 0 Å². The Hall–Kier alpha value is -1.95. The molecule has 0 saturated heterocycles. The van der Waals surface area contributed by atoms with E-state index < -0.39 is 5.97 Å². The molecule has 19 heavy (non-hydrogen) atoms. The van der Waals surface area contributed by atoms with Crippen LogP contribution in [0, 0.1) is 0 Å². The Kier molecular flexibility index (Phi) is 4.11. The Morgan fingerprint density at radius 3 is 2.79 bits per heavy atom. The fourth-order valence-corrected chi connectivity index (χ4v) is 2.11. The summed E-state index contributed by atoms with van der Waals surface area (Å²) in [6.45, 7) is -0.139. The SMILES string of the molecule is CN(CC(=O)O)c1nccc(-c2ccccc2Br)n1. The highest BCUT2D eigenvalue weighted by Gasteiger charge is 2.10. The molecular weight excluding hydrogens is 310 g/mol. The van der Waals surface area contributed by atoms with E-state index in [4.69, 9.17) is 5.11 Å². The maximum atomic E-state index is 10.7. The van der Waals surface area contributed by atoms with Crippen molar-refractivity contribution in [3.63, 3.8) is 0 Å². The van der Waals surface area contributed by atoms with Gasteiger partial charge in [-0.15, -0.1) is 0 Å². The van der Waals surface area contributed by atoms with Crippen LogP contribution in [-0.2, 0) is 4.79 Å². The maximum absolute atomic E-state index is 10.7.